The summed E-state index contributed by atoms with van der Waals surface area (Å²) in [5.41, 5.74) is -2.22. The van der Waals surface area contributed by atoms with Gasteiger partial charge in [0.15, 0.2) is 5.82 Å². The highest BCUT2D eigenvalue weighted by molar-refractivity contribution is 9.10. The van der Waals surface area contributed by atoms with Crippen LogP contribution >= 0.6 is 15.9 Å². The van der Waals surface area contributed by atoms with E-state index in [4.69, 9.17) is 4.74 Å². The van der Waals surface area contributed by atoms with Crippen LogP contribution in [0, 0.1) is 0 Å². The highest BCUT2D eigenvalue weighted by atomic mass is 79.9. The number of nitrogens with one attached hydrogen (secondary N) is 1. The Labute approximate surface area is 158 Å². The van der Waals surface area contributed by atoms with Gasteiger partial charge in [0.25, 0.3) is 5.91 Å². The summed E-state index contributed by atoms with van der Waals surface area (Å²) in [6.45, 7) is 4.98. The summed E-state index contributed by atoms with van der Waals surface area (Å²) in [6.07, 6.45) is 2.67. The molecule has 7 nitrogen and oxygen atoms in total. The molecule has 26 heavy (non-hydrogen) atoms. The molecular weight excluding hydrogens is 407 g/mol. The third-order valence-electron chi connectivity index (χ3n) is 3.93. The average molecular weight is 427 g/mol. The summed E-state index contributed by atoms with van der Waals surface area (Å²) in [5.74, 6) is -0.563. The van der Waals surface area contributed by atoms with Crippen molar-refractivity contribution in [1.82, 2.24) is 14.3 Å². The number of aromatic nitrogens is 2. The Morgan fingerprint density at radius 3 is 2.77 bits per heavy atom. The van der Waals surface area contributed by atoms with E-state index in [0.717, 1.165) is 4.47 Å². The van der Waals surface area contributed by atoms with Crippen LogP contribution in [0.25, 0.3) is 5.65 Å². The second-order valence-electron chi connectivity index (χ2n) is 7.31. The molecule has 0 bridgehead atoms. The normalized spacial score (nSPS) is 20.4. The molecule has 1 N–H and O–H groups in total. The number of hydrogen-bond acceptors (Lipinski definition) is 4. The Bertz CT molecular complexity index is 863. The summed E-state index contributed by atoms with van der Waals surface area (Å²) in [4.78, 5) is 29.9. The van der Waals surface area contributed by atoms with Gasteiger partial charge in [0.2, 0.25) is 5.67 Å². The van der Waals surface area contributed by atoms with Crippen molar-refractivity contribution in [2.24, 2.45) is 0 Å². The van der Waals surface area contributed by atoms with Crippen molar-refractivity contribution in [2.75, 3.05) is 18.4 Å². The first-order valence-electron chi connectivity index (χ1n) is 8.18. The van der Waals surface area contributed by atoms with Crippen molar-refractivity contribution in [2.45, 2.75) is 38.5 Å². The smallest absolute Gasteiger partial charge is 0.410 e. The number of ether oxygens (including phenoxy) is 1. The number of halogens is 2. The molecule has 0 aliphatic carbocycles. The molecule has 0 radical (unpaired) electrons. The third kappa shape index (κ3) is 3.98. The number of carbonyl (C=O) groups excluding carboxylic acids is 2. The van der Waals surface area contributed by atoms with Gasteiger partial charge in [-0.15, -0.1) is 0 Å². The quantitative estimate of drug-likeness (QED) is 0.798. The summed E-state index contributed by atoms with van der Waals surface area (Å²) in [6, 6.07) is 3.59. The van der Waals surface area contributed by atoms with Gasteiger partial charge in [-0.25, -0.2) is 14.2 Å². The maximum atomic E-state index is 15.1. The minimum Gasteiger partial charge on any atom is -0.444 e. The lowest BCUT2D eigenvalue weighted by Crippen LogP contribution is -2.43. The summed E-state index contributed by atoms with van der Waals surface area (Å²) >= 11 is 3.35. The van der Waals surface area contributed by atoms with Gasteiger partial charge in [-0.2, -0.15) is 0 Å². The Morgan fingerprint density at radius 1 is 1.35 bits per heavy atom. The fourth-order valence-electron chi connectivity index (χ4n) is 2.69. The van der Waals surface area contributed by atoms with Gasteiger partial charge >= 0.3 is 6.09 Å². The molecule has 3 heterocycles. The van der Waals surface area contributed by atoms with E-state index in [2.05, 4.69) is 26.2 Å². The molecule has 2 amide bonds. The van der Waals surface area contributed by atoms with Crippen molar-refractivity contribution >= 4 is 39.4 Å². The van der Waals surface area contributed by atoms with Crippen molar-refractivity contribution in [3.8, 4) is 0 Å². The first-order valence-corrected chi connectivity index (χ1v) is 8.98. The van der Waals surface area contributed by atoms with Crippen LogP contribution in [0.3, 0.4) is 0 Å². The van der Waals surface area contributed by atoms with Crippen molar-refractivity contribution in [3.05, 3.63) is 29.0 Å². The number of rotatable bonds is 2. The maximum Gasteiger partial charge on any atom is 0.410 e. The Hall–Kier alpha value is -2.16. The van der Waals surface area contributed by atoms with Gasteiger partial charge in [-0.05, 0) is 48.8 Å². The van der Waals surface area contributed by atoms with E-state index >= 15 is 4.39 Å². The zero-order valence-corrected chi connectivity index (χ0v) is 16.3. The lowest BCUT2D eigenvalue weighted by atomic mass is 10.1. The fraction of sp³-hybridized carbons (Fsp3) is 0.471. The van der Waals surface area contributed by atoms with Crippen molar-refractivity contribution in [1.29, 1.82) is 0 Å². The number of amides is 2. The number of nitrogens with zero attached hydrogens (tertiary/aromatic N) is 3. The number of carbonyl (C=O) groups is 2. The molecule has 1 unspecified atom stereocenters. The van der Waals surface area contributed by atoms with Crippen LogP contribution in [0.15, 0.2) is 29.0 Å². The van der Waals surface area contributed by atoms with Crippen molar-refractivity contribution in [3.63, 3.8) is 0 Å². The Morgan fingerprint density at radius 2 is 2.08 bits per heavy atom. The Balaban J connectivity index is 1.68. The number of alkyl halides is 1. The zero-order valence-electron chi connectivity index (χ0n) is 14.8. The molecule has 0 spiro atoms. The SMILES string of the molecule is CC(C)(C)OC(=O)N1CCC(F)(C(=O)Nc2cn3cc(Br)ccc3n2)C1. The van der Waals surface area contributed by atoms with Crippen LogP contribution in [-0.4, -0.2) is 50.6 Å². The standard InChI is InChI=1S/C17H20BrFN4O3/c1-16(2,3)26-15(25)22-7-6-17(19,10-22)14(24)21-12-9-23-8-11(18)4-5-13(23)20-12/h4-5,8-9H,6-7,10H2,1-3H3,(H,21,24). The van der Waals surface area contributed by atoms with Gasteiger partial charge in [0.1, 0.15) is 11.2 Å². The van der Waals surface area contributed by atoms with Crippen LogP contribution in [0.2, 0.25) is 0 Å². The van der Waals surface area contributed by atoms with Crippen LogP contribution < -0.4 is 5.32 Å². The van der Waals surface area contributed by atoms with Gasteiger partial charge in [-0.1, -0.05) is 0 Å². The van der Waals surface area contributed by atoms with Crippen LogP contribution in [0.4, 0.5) is 15.0 Å². The summed E-state index contributed by atoms with van der Waals surface area (Å²) in [5, 5.41) is 2.50. The molecule has 1 aliphatic heterocycles. The Kier molecular flexibility index (Phi) is 4.68. The van der Waals surface area contributed by atoms with E-state index < -0.39 is 23.3 Å². The van der Waals surface area contributed by atoms with E-state index in [-0.39, 0.29) is 25.3 Å². The number of likely N-dealkylation sites (tertiary alicyclic amines) is 1. The molecular formula is C17H20BrFN4O3. The van der Waals surface area contributed by atoms with E-state index in [1.807, 2.05) is 6.07 Å². The zero-order chi connectivity index (χ0) is 19.1. The fourth-order valence-corrected chi connectivity index (χ4v) is 3.05. The number of imidazole rings is 1. The molecule has 1 aliphatic rings. The van der Waals surface area contributed by atoms with Crippen LogP contribution in [-0.2, 0) is 9.53 Å². The molecule has 0 saturated carbocycles. The predicted octanol–water partition coefficient (Wildman–Crippen LogP) is 3.38. The molecule has 1 saturated heterocycles. The molecule has 2 aromatic rings. The number of fused-ring (bicyclic) bond motifs is 1. The van der Waals surface area contributed by atoms with E-state index in [0.29, 0.717) is 5.65 Å². The highest BCUT2D eigenvalue weighted by Crippen LogP contribution is 2.28. The largest absolute Gasteiger partial charge is 0.444 e. The molecule has 1 atom stereocenters. The second kappa shape index (κ2) is 6.53. The predicted molar refractivity (Wildman–Crippen MR) is 97.8 cm³/mol. The van der Waals surface area contributed by atoms with Crippen molar-refractivity contribution < 1.29 is 18.7 Å². The van der Waals surface area contributed by atoms with E-state index in [1.165, 1.54) is 4.90 Å². The first-order chi connectivity index (χ1) is 12.1. The second-order valence-corrected chi connectivity index (χ2v) is 8.23. The molecule has 0 aromatic carbocycles. The molecule has 9 heteroatoms. The highest BCUT2D eigenvalue weighted by Gasteiger charge is 2.47. The van der Waals surface area contributed by atoms with Gasteiger partial charge < -0.3 is 19.4 Å². The molecule has 2 aromatic heterocycles. The van der Waals surface area contributed by atoms with Crippen LogP contribution in [0.5, 0.6) is 0 Å². The lowest BCUT2D eigenvalue weighted by Gasteiger charge is -2.25. The lowest BCUT2D eigenvalue weighted by molar-refractivity contribution is -0.126. The van der Waals surface area contributed by atoms with Crippen LogP contribution in [0.1, 0.15) is 27.2 Å². The summed E-state index contributed by atoms with van der Waals surface area (Å²) < 4.78 is 22.9. The topological polar surface area (TPSA) is 75.9 Å². The third-order valence-corrected chi connectivity index (χ3v) is 4.40. The van der Waals surface area contributed by atoms with E-state index in [9.17, 15) is 9.59 Å². The van der Waals surface area contributed by atoms with Gasteiger partial charge in [0.05, 0.1) is 12.7 Å². The average Bonchev–Trinajstić information content (AvgIpc) is 3.09. The van der Waals surface area contributed by atoms with Gasteiger partial charge in [-0.3, -0.25) is 4.79 Å². The molecule has 3 rings (SSSR count). The first kappa shape index (κ1) is 18.6. The number of pyridine rings is 1. The molecule has 140 valence electrons. The summed E-state index contributed by atoms with van der Waals surface area (Å²) in [7, 11) is 0. The number of hydrogen-bond donors (Lipinski definition) is 1. The monoisotopic (exact) mass is 426 g/mol. The van der Waals surface area contributed by atoms with E-state index in [1.54, 1.807) is 43.6 Å². The minimum atomic E-state index is -2.17. The maximum absolute atomic E-state index is 15.1. The molecule has 1 fully saturated rings. The van der Waals surface area contributed by atoms with Gasteiger partial charge in [0, 0.05) is 23.6 Å². The minimum absolute atomic E-state index is 0.0863. The number of anilines is 1.